The molecular formula is C34H44N4O17S. The van der Waals surface area contributed by atoms with E-state index in [4.69, 9.17) is 5.11 Å². The minimum Gasteiger partial charge on any atom is -0.481 e. The number of aliphatic carboxylic acids is 5. The summed E-state index contributed by atoms with van der Waals surface area (Å²) < 4.78 is 4.54. The van der Waals surface area contributed by atoms with E-state index in [0.29, 0.717) is 5.56 Å². The number of hydrogen-bond acceptors (Lipinski definition) is 13. The van der Waals surface area contributed by atoms with Crippen molar-refractivity contribution in [2.75, 3.05) is 5.75 Å². The number of amides is 4. The fourth-order valence-electron chi connectivity index (χ4n) is 5.05. The quantitative estimate of drug-likeness (QED) is 0.0279. The molecule has 4 unspecified atom stereocenters. The Bertz CT molecular complexity index is 1590. The molecule has 22 heteroatoms. The van der Waals surface area contributed by atoms with Gasteiger partial charge in [0.15, 0.2) is 12.0 Å². The number of ketones is 2. The molecule has 308 valence electrons. The average molecular weight is 813 g/mol. The van der Waals surface area contributed by atoms with Crippen molar-refractivity contribution in [1.29, 1.82) is 0 Å². The second-order valence-corrected chi connectivity index (χ2v) is 12.7. The lowest BCUT2D eigenvalue weighted by Crippen LogP contribution is -2.50. The van der Waals surface area contributed by atoms with E-state index in [2.05, 4.69) is 33.3 Å². The van der Waals surface area contributed by atoms with Crippen LogP contribution in [0.3, 0.4) is 0 Å². The third kappa shape index (κ3) is 19.3. The first-order chi connectivity index (χ1) is 26.4. The van der Waals surface area contributed by atoms with Crippen LogP contribution in [0.15, 0.2) is 30.3 Å². The van der Waals surface area contributed by atoms with Gasteiger partial charge in [-0.15, -0.1) is 0 Å². The molecule has 56 heavy (non-hydrogen) atoms. The lowest BCUT2D eigenvalue weighted by molar-refractivity contribution is -0.144. The largest absolute Gasteiger partial charge is 0.481 e. The van der Waals surface area contributed by atoms with Crippen molar-refractivity contribution in [1.82, 2.24) is 21.3 Å². The van der Waals surface area contributed by atoms with Gasteiger partial charge in [0.1, 0.15) is 17.9 Å². The van der Waals surface area contributed by atoms with Crippen LogP contribution in [0, 0.1) is 11.8 Å². The van der Waals surface area contributed by atoms with Crippen molar-refractivity contribution >= 4 is 78.4 Å². The van der Waals surface area contributed by atoms with E-state index < -0.39 is 147 Å². The summed E-state index contributed by atoms with van der Waals surface area (Å²) >= 11 is 3.96. The summed E-state index contributed by atoms with van der Waals surface area (Å²) in [6.45, 7) is -0.0658. The zero-order valence-corrected chi connectivity index (χ0v) is 30.7. The van der Waals surface area contributed by atoms with E-state index >= 15 is 0 Å². The highest BCUT2D eigenvalue weighted by atomic mass is 32.1. The molecule has 0 heterocycles. The predicted octanol–water partition coefficient (Wildman–Crippen LogP) is -0.400. The van der Waals surface area contributed by atoms with Gasteiger partial charge in [0.2, 0.25) is 11.8 Å². The normalized spacial score (nSPS) is 13.9. The Morgan fingerprint density at radius 1 is 0.643 bits per heavy atom. The highest BCUT2D eigenvalue weighted by Gasteiger charge is 2.32. The Hall–Kier alpha value is -6.06. The predicted molar refractivity (Wildman–Crippen MR) is 191 cm³/mol. The lowest BCUT2D eigenvalue weighted by atomic mass is 9.92. The van der Waals surface area contributed by atoms with Gasteiger partial charge in [-0.05, 0) is 24.8 Å². The summed E-state index contributed by atoms with van der Waals surface area (Å²) in [5.41, 5.74) is 0.584. The summed E-state index contributed by atoms with van der Waals surface area (Å²) in [5, 5.41) is 55.3. The van der Waals surface area contributed by atoms with Crippen LogP contribution in [0.4, 0.5) is 4.79 Å². The van der Waals surface area contributed by atoms with Crippen LogP contribution in [0.25, 0.3) is 0 Å². The van der Waals surface area contributed by atoms with Gasteiger partial charge in [-0.3, -0.25) is 38.4 Å². The number of ether oxygens (including phenoxy) is 1. The second-order valence-electron chi connectivity index (χ2n) is 12.4. The van der Waals surface area contributed by atoms with Crippen molar-refractivity contribution in [2.45, 2.75) is 88.6 Å². The molecule has 0 bridgehead atoms. The van der Waals surface area contributed by atoms with Crippen LogP contribution in [0.1, 0.15) is 63.4 Å². The van der Waals surface area contributed by atoms with Crippen LogP contribution >= 0.6 is 12.6 Å². The first-order valence-corrected chi connectivity index (χ1v) is 17.6. The van der Waals surface area contributed by atoms with Crippen molar-refractivity contribution in [3.8, 4) is 0 Å². The minimum absolute atomic E-state index is 0.0658. The number of hydrogen-bond donors (Lipinski definition) is 10. The monoisotopic (exact) mass is 812 g/mol. The molecular weight excluding hydrogens is 768 g/mol. The van der Waals surface area contributed by atoms with Crippen LogP contribution in [-0.2, 0) is 59.1 Å². The molecule has 1 rings (SSSR count). The molecule has 9 N–H and O–H groups in total. The maximum atomic E-state index is 13.3. The van der Waals surface area contributed by atoms with Gasteiger partial charge in [-0.1, -0.05) is 30.3 Å². The summed E-state index contributed by atoms with van der Waals surface area (Å²) in [6.07, 6.45) is -6.75. The van der Waals surface area contributed by atoms with Gasteiger partial charge in [-0.25, -0.2) is 14.4 Å². The number of thiol groups is 1. The zero-order valence-electron chi connectivity index (χ0n) is 29.8. The van der Waals surface area contributed by atoms with E-state index in [1.807, 2.05) is 5.32 Å². The number of carbonyl (C=O) groups is 11. The first-order valence-electron chi connectivity index (χ1n) is 16.9. The molecule has 0 aliphatic heterocycles. The topological polar surface area (TPSA) is 346 Å². The molecule has 0 fully saturated rings. The van der Waals surface area contributed by atoms with Crippen molar-refractivity contribution < 1.29 is 83.0 Å². The van der Waals surface area contributed by atoms with E-state index in [0.717, 1.165) is 0 Å². The number of carboxylic acids is 5. The van der Waals surface area contributed by atoms with Gasteiger partial charge < -0.3 is 51.5 Å². The van der Waals surface area contributed by atoms with Gasteiger partial charge in [-0.2, -0.15) is 12.6 Å². The molecule has 4 amide bonds. The standard InChI is InChI=1S/C34H44N4O17S/c39-17-55-27(10-11-28(43)44)38-34(54)37-23(33(52)53)8-9-26(42)35-22(32(50)51)7-6-21(40)13-19(15-29(45)46)30(47)36-24(12-18-4-2-1-3-5-18)25(41)14-20(16-56)31(48)49/h1-5,17,19-20,22-24,27,56H,6-16H2,(H,35,42)(H,36,47)(H,43,44)(H,45,46)(H,48,49)(H,50,51)(H,52,53)(H2,37,38,54)/t19?,20?,22?,23-,24?,27+/m1/s1. The molecule has 0 saturated heterocycles. The molecule has 0 aliphatic carbocycles. The Kier molecular flexibility index (Phi) is 21.5. The molecule has 0 radical (unpaired) electrons. The van der Waals surface area contributed by atoms with Crippen LogP contribution in [-0.4, -0.2) is 121 Å². The summed E-state index contributed by atoms with van der Waals surface area (Å²) in [7, 11) is 0. The summed E-state index contributed by atoms with van der Waals surface area (Å²) in [6, 6.07) is 2.41. The van der Waals surface area contributed by atoms with Crippen molar-refractivity contribution in [2.24, 2.45) is 11.8 Å². The molecule has 0 aromatic heterocycles. The number of Topliss-reactive ketones (excluding diaryl/α,β-unsaturated/α-hetero) is 2. The third-order valence-corrected chi connectivity index (χ3v) is 8.45. The molecule has 1 aromatic rings. The SMILES string of the molecule is O=CO[C@@H](CCC(=O)O)NC(=O)N[C@H](CCC(=O)NC(CCC(=O)CC(CC(=O)O)C(=O)NC(Cc1ccccc1)C(=O)CC(CS)C(=O)O)C(=O)O)C(=O)O. The Labute approximate surface area is 324 Å². The van der Waals surface area contributed by atoms with Gasteiger partial charge in [0.05, 0.1) is 30.7 Å². The molecule has 6 atom stereocenters. The number of nitrogens with one attached hydrogen (secondary N) is 4. The van der Waals surface area contributed by atoms with Crippen molar-refractivity contribution in [3.63, 3.8) is 0 Å². The number of carboxylic acid groups (broad SMARTS) is 5. The van der Waals surface area contributed by atoms with Gasteiger partial charge in [0.25, 0.3) is 6.47 Å². The second kappa shape index (κ2) is 25.1. The number of carbonyl (C=O) groups excluding carboxylic acids is 6. The Morgan fingerprint density at radius 2 is 1.25 bits per heavy atom. The number of urea groups is 1. The van der Waals surface area contributed by atoms with Crippen LogP contribution in [0.5, 0.6) is 0 Å². The van der Waals surface area contributed by atoms with Gasteiger partial charge >= 0.3 is 35.9 Å². The van der Waals surface area contributed by atoms with E-state index in [9.17, 15) is 73.2 Å². The van der Waals surface area contributed by atoms with E-state index in [-0.39, 0.29) is 25.1 Å². The Balaban J connectivity index is 2.91. The molecule has 0 saturated carbocycles. The van der Waals surface area contributed by atoms with Crippen molar-refractivity contribution in [3.05, 3.63) is 35.9 Å². The number of benzene rings is 1. The lowest BCUT2D eigenvalue weighted by Gasteiger charge is -2.22. The smallest absolute Gasteiger partial charge is 0.326 e. The fraction of sp³-hybridized carbons (Fsp3) is 0.500. The van der Waals surface area contributed by atoms with E-state index in [1.54, 1.807) is 30.3 Å². The molecule has 0 aliphatic rings. The highest BCUT2D eigenvalue weighted by molar-refractivity contribution is 7.80. The maximum Gasteiger partial charge on any atom is 0.326 e. The van der Waals surface area contributed by atoms with Crippen LogP contribution < -0.4 is 21.3 Å². The highest BCUT2D eigenvalue weighted by Crippen LogP contribution is 2.17. The number of rotatable bonds is 29. The van der Waals surface area contributed by atoms with Gasteiger partial charge in [0, 0.05) is 37.9 Å². The molecule has 1 aromatic carbocycles. The Morgan fingerprint density at radius 3 is 1.79 bits per heavy atom. The minimum atomic E-state index is -1.72. The molecule has 21 nitrogen and oxygen atoms in total. The zero-order chi connectivity index (χ0) is 42.4. The summed E-state index contributed by atoms with van der Waals surface area (Å²) in [4.78, 5) is 132. The maximum absolute atomic E-state index is 13.3. The average Bonchev–Trinajstić information content (AvgIpc) is 3.12. The van der Waals surface area contributed by atoms with Crippen LogP contribution in [0.2, 0.25) is 0 Å². The fourth-order valence-corrected chi connectivity index (χ4v) is 5.33. The third-order valence-electron chi connectivity index (χ3n) is 8.01. The summed E-state index contributed by atoms with van der Waals surface area (Å²) in [5.74, 6) is -13.6. The molecule has 0 spiro atoms. The first kappa shape index (κ1) is 48.0. The van der Waals surface area contributed by atoms with E-state index in [1.165, 1.54) is 0 Å².